The fourth-order valence-corrected chi connectivity index (χ4v) is 2.53. The molecule has 3 rings (SSSR count). The van der Waals surface area contributed by atoms with Gasteiger partial charge in [-0.15, -0.1) is 17.7 Å². The van der Waals surface area contributed by atoms with E-state index in [4.69, 9.17) is 10.5 Å². The molecule has 1 aromatic heterocycles. The van der Waals surface area contributed by atoms with Crippen LogP contribution in [0.3, 0.4) is 0 Å². The molecule has 0 amide bonds. The van der Waals surface area contributed by atoms with Gasteiger partial charge in [-0.25, -0.2) is 4.98 Å². The van der Waals surface area contributed by atoms with Crippen molar-refractivity contribution in [1.29, 1.82) is 0 Å². The molecular weight excluding hydrogens is 333 g/mol. The maximum absolute atomic E-state index is 5.75. The summed E-state index contributed by atoms with van der Waals surface area (Å²) in [5.41, 5.74) is 8.27. The summed E-state index contributed by atoms with van der Waals surface area (Å²) in [6, 6.07) is 14.5. The number of hydrogen-bond acceptors (Lipinski definition) is 4. The van der Waals surface area contributed by atoms with E-state index in [0.717, 1.165) is 15.8 Å². The molecule has 1 radical (unpaired) electrons. The van der Waals surface area contributed by atoms with Gasteiger partial charge in [0.15, 0.2) is 0 Å². The molecule has 2 aromatic carbocycles. The Morgan fingerprint density at radius 3 is 2.84 bits per heavy atom. The summed E-state index contributed by atoms with van der Waals surface area (Å²) in [5, 5.41) is 0.625. The van der Waals surface area contributed by atoms with Crippen molar-refractivity contribution in [3.63, 3.8) is 0 Å². The first-order valence-electron chi connectivity index (χ1n) is 5.53. The number of aromatic nitrogens is 1. The van der Waals surface area contributed by atoms with Crippen LogP contribution in [0.2, 0.25) is 0 Å². The quantitative estimate of drug-likeness (QED) is 0.569. The Bertz CT molecular complexity index is 678. The first kappa shape index (κ1) is 14.4. The molecule has 0 aliphatic carbocycles. The van der Waals surface area contributed by atoms with Gasteiger partial charge >= 0.3 is 0 Å². The molecule has 0 aliphatic rings. The van der Waals surface area contributed by atoms with Crippen molar-refractivity contribution in [3.8, 4) is 10.9 Å². The van der Waals surface area contributed by atoms with Crippen LogP contribution in [-0.2, 0) is 32.7 Å². The van der Waals surface area contributed by atoms with Crippen LogP contribution in [-0.4, -0.2) is 4.98 Å². The molecule has 0 saturated heterocycles. The van der Waals surface area contributed by atoms with Gasteiger partial charge in [-0.05, 0) is 12.1 Å². The maximum Gasteiger partial charge on any atom is 0.277 e. The zero-order valence-electron chi connectivity index (χ0n) is 10.4. The Labute approximate surface area is 140 Å². The average molecular weight is 344 g/mol. The van der Waals surface area contributed by atoms with E-state index in [9.17, 15) is 0 Å². The Kier molecular flexibility index (Phi) is 4.55. The van der Waals surface area contributed by atoms with Crippen molar-refractivity contribution in [1.82, 2.24) is 4.98 Å². The molecule has 0 atom stereocenters. The molecule has 5 heteroatoms. The summed E-state index contributed by atoms with van der Waals surface area (Å²) in [6.45, 7) is 1.94. The van der Waals surface area contributed by atoms with Crippen LogP contribution in [0.4, 0.5) is 5.69 Å². The van der Waals surface area contributed by atoms with Crippen molar-refractivity contribution in [2.45, 2.75) is 6.92 Å². The van der Waals surface area contributed by atoms with Crippen LogP contribution in [0.15, 0.2) is 36.4 Å². The van der Waals surface area contributed by atoms with E-state index in [1.54, 1.807) is 6.07 Å². The summed E-state index contributed by atoms with van der Waals surface area (Å²) in [6.07, 6.45) is 0. The molecule has 0 fully saturated rings. The van der Waals surface area contributed by atoms with Crippen molar-refractivity contribution in [3.05, 3.63) is 48.0 Å². The molecule has 1 heterocycles. The van der Waals surface area contributed by atoms with E-state index in [1.165, 1.54) is 11.3 Å². The summed E-state index contributed by atoms with van der Waals surface area (Å²) in [4.78, 5) is 4.42. The number of ether oxygens (including phenoxy) is 1. The maximum atomic E-state index is 5.75. The second-order valence-corrected chi connectivity index (χ2v) is 4.99. The van der Waals surface area contributed by atoms with Gasteiger partial charge in [-0.2, -0.15) is 6.07 Å². The molecule has 0 bridgehead atoms. The van der Waals surface area contributed by atoms with E-state index in [0.29, 0.717) is 16.6 Å². The minimum atomic E-state index is 0. The van der Waals surface area contributed by atoms with Crippen molar-refractivity contribution < 1.29 is 37.4 Å². The third-order valence-electron chi connectivity index (χ3n) is 2.57. The van der Waals surface area contributed by atoms with E-state index in [2.05, 4.69) is 11.1 Å². The molecule has 19 heavy (non-hydrogen) atoms. The Balaban J connectivity index is 0.00000133. The van der Waals surface area contributed by atoms with Crippen LogP contribution < -0.4 is 10.5 Å². The Morgan fingerprint density at radius 1 is 1.32 bits per heavy atom. The average Bonchev–Trinajstić information content (AvgIpc) is 2.75. The van der Waals surface area contributed by atoms with Crippen molar-refractivity contribution >= 4 is 27.2 Å². The number of hydrogen-bond donors (Lipinski definition) is 1. The van der Waals surface area contributed by atoms with Crippen LogP contribution in [0.1, 0.15) is 5.56 Å². The van der Waals surface area contributed by atoms with Gasteiger partial charge in [0, 0.05) is 38.5 Å². The van der Waals surface area contributed by atoms with Crippen LogP contribution >= 0.6 is 11.3 Å². The second kappa shape index (κ2) is 5.99. The van der Waals surface area contributed by atoms with E-state index in [-0.39, 0.29) is 32.7 Å². The van der Waals surface area contributed by atoms with Gasteiger partial charge in [-0.1, -0.05) is 36.1 Å². The fraction of sp³-hybridized carbons (Fsp3) is 0.0714. The third kappa shape index (κ3) is 3.14. The first-order valence-corrected chi connectivity index (χ1v) is 6.35. The zero-order chi connectivity index (χ0) is 12.5. The molecule has 0 saturated carbocycles. The van der Waals surface area contributed by atoms with Crippen LogP contribution in [0.25, 0.3) is 10.2 Å². The molecule has 3 nitrogen and oxygen atoms in total. The topological polar surface area (TPSA) is 48.1 Å². The molecule has 0 aliphatic heterocycles. The number of anilines is 1. The van der Waals surface area contributed by atoms with Gasteiger partial charge in [0.25, 0.3) is 5.19 Å². The summed E-state index contributed by atoms with van der Waals surface area (Å²) >= 11 is 1.52. The molecule has 2 N–H and O–H groups in total. The molecule has 93 valence electrons. The Morgan fingerprint density at radius 2 is 2.11 bits per heavy atom. The predicted molar refractivity (Wildman–Crippen MR) is 74.1 cm³/mol. The third-order valence-corrected chi connectivity index (χ3v) is 3.49. The van der Waals surface area contributed by atoms with E-state index < -0.39 is 0 Å². The molecule has 0 unspecified atom stereocenters. The number of nitrogens with zero attached hydrogens (tertiary/aromatic N) is 1. The van der Waals surface area contributed by atoms with E-state index >= 15 is 0 Å². The van der Waals surface area contributed by atoms with Gasteiger partial charge in [0.05, 0.1) is 10.2 Å². The van der Waals surface area contributed by atoms with Crippen LogP contribution in [0.5, 0.6) is 10.9 Å². The smallest absolute Gasteiger partial charge is 0.277 e. The number of rotatable bonds is 2. The largest absolute Gasteiger partial charge is 0.458 e. The van der Waals surface area contributed by atoms with Crippen molar-refractivity contribution in [2.24, 2.45) is 0 Å². The van der Waals surface area contributed by atoms with Gasteiger partial charge in [0.1, 0.15) is 0 Å². The van der Waals surface area contributed by atoms with Crippen LogP contribution in [0, 0.1) is 13.0 Å². The predicted octanol–water partition coefficient (Wildman–Crippen LogP) is 3.78. The molecule has 0 spiro atoms. The number of thiazole rings is 1. The molecular formula is C14H11N2OSY-. The van der Waals surface area contributed by atoms with Gasteiger partial charge < -0.3 is 10.5 Å². The minimum Gasteiger partial charge on any atom is -0.458 e. The SMILES string of the molecule is Cc1cc(N)c[c-]c1Oc1nc2ccccc2s1.[Y]. The standard InChI is InChI=1S/C14H11N2OS.Y/c1-9-8-10(15)6-7-12(9)17-14-16-11-4-2-3-5-13(11)18-14;/h2-6,8H,15H2,1H3;/q-1;. The number of benzene rings is 2. The first-order chi connectivity index (χ1) is 8.72. The summed E-state index contributed by atoms with van der Waals surface area (Å²) in [7, 11) is 0. The second-order valence-electron chi connectivity index (χ2n) is 3.99. The monoisotopic (exact) mass is 344 g/mol. The fourth-order valence-electron chi connectivity index (χ4n) is 1.71. The van der Waals surface area contributed by atoms with Crippen molar-refractivity contribution in [2.75, 3.05) is 5.73 Å². The summed E-state index contributed by atoms with van der Waals surface area (Å²) < 4.78 is 6.86. The van der Waals surface area contributed by atoms with Gasteiger partial charge in [-0.3, -0.25) is 0 Å². The van der Waals surface area contributed by atoms with E-state index in [1.807, 2.05) is 37.3 Å². The number of nitrogen functional groups attached to an aromatic ring is 1. The number of aryl methyl sites for hydroxylation is 1. The Hall–Kier alpha value is -0.966. The summed E-state index contributed by atoms with van der Waals surface area (Å²) in [5.74, 6) is 0.670. The minimum absolute atomic E-state index is 0. The number of fused-ring (bicyclic) bond motifs is 1. The zero-order valence-corrected chi connectivity index (χ0v) is 14.0. The van der Waals surface area contributed by atoms with Gasteiger partial charge in [0.2, 0.25) is 0 Å². The molecule has 3 aromatic rings. The number of nitrogens with two attached hydrogens (primary N) is 1. The normalized spacial score (nSPS) is 10.2. The number of para-hydroxylation sites is 1.